The molecule has 0 aromatic heterocycles. The zero-order valence-corrected chi connectivity index (χ0v) is 15.0. The Balaban J connectivity index is 1.45. The lowest BCUT2D eigenvalue weighted by atomic mass is 9.71. The molecule has 5 heteroatoms. The van der Waals surface area contributed by atoms with Crippen LogP contribution in [0, 0.1) is 17.3 Å². The van der Waals surface area contributed by atoms with E-state index in [2.05, 4.69) is 18.2 Å². The van der Waals surface area contributed by atoms with Gasteiger partial charge in [0.05, 0.1) is 5.92 Å². The third-order valence-electron chi connectivity index (χ3n) is 6.51. The molecule has 0 radical (unpaired) electrons. The average Bonchev–Trinajstić information content (AvgIpc) is 3.46. The molecule has 2 fully saturated rings. The molecule has 3 aliphatic rings. The van der Waals surface area contributed by atoms with Crippen molar-refractivity contribution in [3.63, 3.8) is 0 Å². The fourth-order valence-corrected chi connectivity index (χ4v) is 4.68. The van der Waals surface area contributed by atoms with Crippen molar-refractivity contribution in [1.82, 2.24) is 10.4 Å². The number of hydroxylamine groups is 1. The van der Waals surface area contributed by atoms with Crippen molar-refractivity contribution < 1.29 is 14.8 Å². The summed E-state index contributed by atoms with van der Waals surface area (Å²) in [5.41, 5.74) is 4.55. The molecule has 2 N–H and O–H groups in total. The molecule has 26 heavy (non-hydrogen) atoms. The van der Waals surface area contributed by atoms with Gasteiger partial charge in [-0.1, -0.05) is 36.4 Å². The number of hydrogen-bond donors (Lipinski definition) is 2. The number of rotatable bonds is 3. The van der Waals surface area contributed by atoms with E-state index < -0.39 is 11.8 Å². The van der Waals surface area contributed by atoms with Crippen molar-refractivity contribution >= 4 is 17.4 Å². The van der Waals surface area contributed by atoms with Crippen LogP contribution in [0.1, 0.15) is 44.1 Å². The van der Waals surface area contributed by atoms with Gasteiger partial charge in [0, 0.05) is 19.0 Å². The Morgan fingerprint density at radius 2 is 1.88 bits per heavy atom. The van der Waals surface area contributed by atoms with E-state index in [1.807, 2.05) is 23.1 Å². The van der Waals surface area contributed by atoms with Gasteiger partial charge in [-0.15, -0.1) is 0 Å². The first-order chi connectivity index (χ1) is 12.6. The minimum absolute atomic E-state index is 0.0671. The van der Waals surface area contributed by atoms with E-state index in [4.69, 9.17) is 5.21 Å². The molecule has 0 saturated heterocycles. The van der Waals surface area contributed by atoms with E-state index in [0.29, 0.717) is 13.1 Å². The lowest BCUT2D eigenvalue weighted by Crippen LogP contribution is -2.47. The van der Waals surface area contributed by atoms with E-state index in [9.17, 15) is 9.59 Å². The van der Waals surface area contributed by atoms with Crippen LogP contribution in [0.5, 0.6) is 0 Å². The molecule has 5 nitrogen and oxygen atoms in total. The lowest BCUT2D eigenvalue weighted by molar-refractivity contribution is -0.148. The Hall–Kier alpha value is -2.14. The number of amides is 2. The highest BCUT2D eigenvalue weighted by Crippen LogP contribution is 2.59. The molecular weight excluding hydrogens is 328 g/mol. The Morgan fingerprint density at radius 1 is 1.12 bits per heavy atom. The average molecular weight is 354 g/mol. The van der Waals surface area contributed by atoms with Gasteiger partial charge in [0.1, 0.15) is 0 Å². The lowest BCUT2D eigenvalue weighted by Gasteiger charge is -2.38. The highest BCUT2D eigenvalue weighted by molar-refractivity contribution is 5.88. The monoisotopic (exact) mass is 354 g/mol. The van der Waals surface area contributed by atoms with E-state index in [1.165, 1.54) is 11.1 Å². The number of hydrogen-bond acceptors (Lipinski definition) is 3. The van der Waals surface area contributed by atoms with Gasteiger partial charge in [-0.2, -0.15) is 0 Å². The van der Waals surface area contributed by atoms with Gasteiger partial charge in [-0.05, 0) is 55.1 Å². The predicted octanol–water partition coefficient (Wildman–Crippen LogP) is 3.00. The number of benzene rings is 1. The molecule has 1 heterocycles. The van der Waals surface area contributed by atoms with Crippen LogP contribution >= 0.6 is 0 Å². The summed E-state index contributed by atoms with van der Waals surface area (Å²) in [5.74, 6) is -1.03. The van der Waals surface area contributed by atoms with Gasteiger partial charge >= 0.3 is 0 Å². The molecule has 0 bridgehead atoms. The van der Waals surface area contributed by atoms with Gasteiger partial charge in [0.2, 0.25) is 11.8 Å². The largest absolute Gasteiger partial charge is 0.338 e. The molecule has 1 aliphatic heterocycles. The second-order valence-corrected chi connectivity index (χ2v) is 8.06. The number of carbonyl (C=O) groups excluding carboxylic acids is 2. The fraction of sp³-hybridized carbons (Fsp3) is 0.524. The summed E-state index contributed by atoms with van der Waals surface area (Å²) >= 11 is 0. The second-order valence-electron chi connectivity index (χ2n) is 8.06. The Kier molecular flexibility index (Phi) is 4.57. The zero-order chi connectivity index (χ0) is 18.1. The van der Waals surface area contributed by atoms with Crippen molar-refractivity contribution in [3.8, 4) is 0 Å². The van der Waals surface area contributed by atoms with E-state index in [1.54, 1.807) is 5.48 Å². The first-order valence-electron chi connectivity index (χ1n) is 9.59. The maximum atomic E-state index is 13.1. The maximum Gasteiger partial charge on any atom is 0.247 e. The second kappa shape index (κ2) is 6.88. The fourth-order valence-electron chi connectivity index (χ4n) is 4.68. The predicted molar refractivity (Wildman–Crippen MR) is 98.0 cm³/mol. The molecule has 2 atom stereocenters. The molecule has 2 amide bonds. The first kappa shape index (κ1) is 17.3. The summed E-state index contributed by atoms with van der Waals surface area (Å²) in [6, 6.07) is 10.3. The van der Waals surface area contributed by atoms with Crippen molar-refractivity contribution in [1.29, 1.82) is 0 Å². The molecule has 1 spiro atoms. The summed E-state index contributed by atoms with van der Waals surface area (Å²) < 4.78 is 0. The van der Waals surface area contributed by atoms with E-state index in [0.717, 1.165) is 38.5 Å². The normalized spacial score (nSPS) is 27.0. The third-order valence-corrected chi connectivity index (χ3v) is 6.51. The topological polar surface area (TPSA) is 69.6 Å². The van der Waals surface area contributed by atoms with Crippen LogP contribution in [0.3, 0.4) is 0 Å². The summed E-state index contributed by atoms with van der Waals surface area (Å²) in [7, 11) is 0. The Bertz CT molecular complexity index is 724. The van der Waals surface area contributed by atoms with E-state index >= 15 is 0 Å². The molecule has 4 rings (SSSR count). The minimum Gasteiger partial charge on any atom is -0.338 e. The van der Waals surface area contributed by atoms with E-state index in [-0.39, 0.29) is 17.2 Å². The van der Waals surface area contributed by atoms with Crippen molar-refractivity contribution in [2.45, 2.75) is 38.5 Å². The number of nitrogens with one attached hydrogen (secondary N) is 1. The van der Waals surface area contributed by atoms with Crippen LogP contribution in [0.2, 0.25) is 0 Å². The smallest absolute Gasteiger partial charge is 0.247 e. The van der Waals surface area contributed by atoms with Crippen molar-refractivity contribution in [2.24, 2.45) is 17.3 Å². The molecule has 138 valence electrons. The maximum absolute atomic E-state index is 13.1. The number of carbonyl (C=O) groups is 2. The van der Waals surface area contributed by atoms with Crippen LogP contribution in [0.25, 0.3) is 5.57 Å². The van der Waals surface area contributed by atoms with Gasteiger partial charge in [-0.25, -0.2) is 5.48 Å². The van der Waals surface area contributed by atoms with Gasteiger partial charge in [0.15, 0.2) is 0 Å². The van der Waals surface area contributed by atoms with Crippen molar-refractivity contribution in [2.75, 3.05) is 13.1 Å². The van der Waals surface area contributed by atoms with Crippen LogP contribution in [-0.2, 0) is 9.59 Å². The highest BCUT2D eigenvalue weighted by atomic mass is 16.5. The summed E-state index contributed by atoms with van der Waals surface area (Å²) in [4.78, 5) is 27.1. The standard InChI is InChI=1S/C21H26N2O3/c24-19(22-26)18-14-21(10-11-21)9-6-17(18)20(25)23-12-7-16(8-13-23)15-4-2-1-3-5-15/h1-5,7,17-18,26H,6,8-14H2,(H,22,24)/t17-,18-/m0/s1. The highest BCUT2D eigenvalue weighted by Gasteiger charge is 2.52. The quantitative estimate of drug-likeness (QED) is 0.648. The summed E-state index contributed by atoms with van der Waals surface area (Å²) in [5, 5.41) is 9.11. The third kappa shape index (κ3) is 3.28. The summed E-state index contributed by atoms with van der Waals surface area (Å²) in [6.07, 6.45) is 7.77. The van der Waals surface area contributed by atoms with Gasteiger partial charge in [0.25, 0.3) is 0 Å². The van der Waals surface area contributed by atoms with Crippen LogP contribution in [0.15, 0.2) is 36.4 Å². The first-order valence-corrected chi connectivity index (χ1v) is 9.59. The SMILES string of the molecule is O=C(NO)[C@H]1CC2(CC[C@@H]1C(=O)N1CC=C(c3ccccc3)CC1)CC2. The molecule has 1 aromatic carbocycles. The van der Waals surface area contributed by atoms with Crippen LogP contribution in [0.4, 0.5) is 0 Å². The minimum atomic E-state index is -0.400. The molecule has 2 aliphatic carbocycles. The summed E-state index contributed by atoms with van der Waals surface area (Å²) in [6.45, 7) is 1.28. The Morgan fingerprint density at radius 3 is 2.50 bits per heavy atom. The van der Waals surface area contributed by atoms with Crippen LogP contribution < -0.4 is 5.48 Å². The Labute approximate surface area is 154 Å². The van der Waals surface area contributed by atoms with Crippen molar-refractivity contribution in [3.05, 3.63) is 42.0 Å². The van der Waals surface area contributed by atoms with Gasteiger partial charge < -0.3 is 4.90 Å². The molecular formula is C21H26N2O3. The molecule has 2 saturated carbocycles. The van der Waals surface area contributed by atoms with Crippen LogP contribution in [-0.4, -0.2) is 35.0 Å². The molecule has 1 aromatic rings. The molecule has 0 unspecified atom stereocenters. The number of nitrogens with zero attached hydrogens (tertiary/aromatic N) is 1. The zero-order valence-electron chi connectivity index (χ0n) is 15.0. The van der Waals surface area contributed by atoms with Gasteiger partial charge in [-0.3, -0.25) is 14.8 Å².